The van der Waals surface area contributed by atoms with E-state index in [1.807, 2.05) is 0 Å². The molecule has 0 unspecified atom stereocenters. The molecule has 1 aliphatic carbocycles. The maximum atomic E-state index is 5.89. The van der Waals surface area contributed by atoms with Gasteiger partial charge in [0.15, 0.2) is 0 Å². The van der Waals surface area contributed by atoms with Crippen LogP contribution < -0.4 is 0 Å². The lowest BCUT2D eigenvalue weighted by molar-refractivity contribution is 0.373. The van der Waals surface area contributed by atoms with Gasteiger partial charge in [-0.3, -0.25) is 0 Å². The Morgan fingerprint density at radius 3 is 2.57 bits per heavy atom. The molecule has 0 bridgehead atoms. The first-order chi connectivity index (χ1) is 10.4. The quantitative estimate of drug-likeness (QED) is 0.324. The van der Waals surface area contributed by atoms with Crippen LogP contribution in [-0.4, -0.2) is 6.10 Å². The number of aryl methyl sites for hydroxylation is 1. The van der Waals surface area contributed by atoms with Gasteiger partial charge in [-0.05, 0) is 56.3 Å². The molecule has 2 aliphatic rings. The summed E-state index contributed by atoms with van der Waals surface area (Å²) in [7, 11) is 0. The zero-order valence-electron chi connectivity index (χ0n) is 11.6. The molecule has 4 aromatic rings. The fourth-order valence-electron chi connectivity index (χ4n) is 4.35. The van der Waals surface area contributed by atoms with Gasteiger partial charge in [-0.25, -0.2) is 0 Å². The SMILES string of the molecule is c1cc2ccc3cc4c(c5ccc(c1)c2c35)[C@H]1O[C@H]1CC4. The molecule has 100 valence electrons. The van der Waals surface area contributed by atoms with Crippen LogP contribution >= 0.6 is 0 Å². The molecule has 0 amide bonds. The minimum absolute atomic E-state index is 0.360. The van der Waals surface area contributed by atoms with Crippen molar-refractivity contribution < 1.29 is 4.74 Å². The molecule has 0 radical (unpaired) electrons. The van der Waals surface area contributed by atoms with Crippen molar-refractivity contribution in [1.29, 1.82) is 0 Å². The Morgan fingerprint density at radius 2 is 1.67 bits per heavy atom. The summed E-state index contributed by atoms with van der Waals surface area (Å²) < 4.78 is 5.89. The molecule has 1 fully saturated rings. The van der Waals surface area contributed by atoms with Crippen LogP contribution in [0.2, 0.25) is 0 Å². The number of hydrogen-bond donors (Lipinski definition) is 0. The first-order valence-electron chi connectivity index (χ1n) is 7.75. The smallest absolute Gasteiger partial charge is 0.110 e. The molecule has 1 heteroatoms. The van der Waals surface area contributed by atoms with Crippen molar-refractivity contribution in [2.24, 2.45) is 0 Å². The predicted molar refractivity (Wildman–Crippen MR) is 86.1 cm³/mol. The van der Waals surface area contributed by atoms with Gasteiger partial charge >= 0.3 is 0 Å². The summed E-state index contributed by atoms with van der Waals surface area (Å²) in [4.78, 5) is 0. The lowest BCUT2D eigenvalue weighted by atomic mass is 9.84. The molecular formula is C20H14O. The number of ether oxygens (including phenoxy) is 1. The molecular weight excluding hydrogens is 256 g/mol. The first-order valence-corrected chi connectivity index (χ1v) is 7.75. The highest BCUT2D eigenvalue weighted by Gasteiger charge is 2.45. The van der Waals surface area contributed by atoms with Crippen LogP contribution in [0.4, 0.5) is 0 Å². The van der Waals surface area contributed by atoms with E-state index in [1.54, 1.807) is 0 Å². The van der Waals surface area contributed by atoms with Crippen LogP contribution in [0.3, 0.4) is 0 Å². The third-order valence-electron chi connectivity index (χ3n) is 5.34. The molecule has 0 N–H and O–H groups in total. The topological polar surface area (TPSA) is 12.5 Å². The zero-order chi connectivity index (χ0) is 13.6. The van der Waals surface area contributed by atoms with Gasteiger partial charge in [-0.2, -0.15) is 0 Å². The Labute approximate surface area is 122 Å². The van der Waals surface area contributed by atoms with E-state index >= 15 is 0 Å². The van der Waals surface area contributed by atoms with Crippen molar-refractivity contribution in [1.82, 2.24) is 0 Å². The van der Waals surface area contributed by atoms with Gasteiger partial charge in [0, 0.05) is 0 Å². The fourth-order valence-corrected chi connectivity index (χ4v) is 4.35. The lowest BCUT2D eigenvalue weighted by Gasteiger charge is -2.19. The van der Waals surface area contributed by atoms with Crippen LogP contribution in [0.25, 0.3) is 32.3 Å². The van der Waals surface area contributed by atoms with Crippen LogP contribution in [0.15, 0.2) is 48.5 Å². The highest BCUT2D eigenvalue weighted by molar-refractivity contribution is 6.23. The predicted octanol–water partition coefficient (Wildman–Crippen LogP) is 4.97. The molecule has 1 heterocycles. The van der Waals surface area contributed by atoms with Gasteiger partial charge in [0.2, 0.25) is 0 Å². The van der Waals surface area contributed by atoms with Crippen molar-refractivity contribution in [3.63, 3.8) is 0 Å². The minimum Gasteiger partial charge on any atom is -0.364 e. The van der Waals surface area contributed by atoms with Crippen molar-refractivity contribution in [2.75, 3.05) is 0 Å². The molecule has 0 aromatic heterocycles. The second-order valence-electron chi connectivity index (χ2n) is 6.44. The Bertz CT molecular complexity index is 1010. The van der Waals surface area contributed by atoms with E-state index in [2.05, 4.69) is 48.5 Å². The van der Waals surface area contributed by atoms with Crippen molar-refractivity contribution in [2.45, 2.75) is 25.0 Å². The van der Waals surface area contributed by atoms with Crippen LogP contribution in [0, 0.1) is 0 Å². The monoisotopic (exact) mass is 270 g/mol. The third kappa shape index (κ3) is 1.22. The summed E-state index contributed by atoms with van der Waals surface area (Å²) in [6.45, 7) is 0. The van der Waals surface area contributed by atoms with E-state index < -0.39 is 0 Å². The Balaban J connectivity index is 1.91. The normalized spacial score (nSPS) is 23.6. The molecule has 1 saturated heterocycles. The third-order valence-corrected chi connectivity index (χ3v) is 5.34. The van der Waals surface area contributed by atoms with Crippen molar-refractivity contribution >= 4 is 32.3 Å². The average molecular weight is 270 g/mol. The molecule has 2 atom stereocenters. The van der Waals surface area contributed by atoms with E-state index in [0.717, 1.165) is 6.42 Å². The number of epoxide rings is 1. The summed E-state index contributed by atoms with van der Waals surface area (Å²) >= 11 is 0. The van der Waals surface area contributed by atoms with E-state index in [-0.39, 0.29) is 0 Å². The maximum absolute atomic E-state index is 5.89. The van der Waals surface area contributed by atoms with Gasteiger partial charge < -0.3 is 4.74 Å². The first kappa shape index (κ1) is 10.6. The molecule has 6 rings (SSSR count). The van der Waals surface area contributed by atoms with Gasteiger partial charge in [-0.1, -0.05) is 48.5 Å². The summed E-state index contributed by atoms with van der Waals surface area (Å²) in [6, 6.07) is 18.1. The molecule has 1 aliphatic heterocycles. The van der Waals surface area contributed by atoms with Crippen molar-refractivity contribution in [3.8, 4) is 0 Å². The zero-order valence-corrected chi connectivity index (χ0v) is 11.6. The molecule has 21 heavy (non-hydrogen) atoms. The largest absolute Gasteiger partial charge is 0.364 e. The van der Waals surface area contributed by atoms with Crippen molar-refractivity contribution in [3.05, 3.63) is 59.7 Å². The summed E-state index contributed by atoms with van der Waals surface area (Å²) in [5.74, 6) is 0. The highest BCUT2D eigenvalue weighted by Crippen LogP contribution is 2.51. The van der Waals surface area contributed by atoms with E-state index in [4.69, 9.17) is 4.74 Å². The molecule has 0 saturated carbocycles. The highest BCUT2D eigenvalue weighted by atomic mass is 16.6. The number of rotatable bonds is 0. The van der Waals surface area contributed by atoms with Crippen LogP contribution in [-0.2, 0) is 11.2 Å². The maximum Gasteiger partial charge on any atom is 0.110 e. The molecule has 1 nitrogen and oxygen atoms in total. The Morgan fingerprint density at radius 1 is 0.857 bits per heavy atom. The summed E-state index contributed by atoms with van der Waals surface area (Å²) in [5.41, 5.74) is 2.97. The number of hydrogen-bond acceptors (Lipinski definition) is 1. The van der Waals surface area contributed by atoms with Crippen LogP contribution in [0.1, 0.15) is 23.7 Å². The van der Waals surface area contributed by atoms with E-state index in [9.17, 15) is 0 Å². The standard InChI is InChI=1S/C20H14O/c1-2-11-4-5-13-10-14-7-9-16-20(21-16)19(14)15-8-6-12(3-1)17(11)18(13)15/h1-6,8,10,16,20H,7,9H2/t16-,20-/m0/s1. The van der Waals surface area contributed by atoms with Gasteiger partial charge in [0.1, 0.15) is 6.10 Å². The van der Waals surface area contributed by atoms with Crippen LogP contribution in [0.5, 0.6) is 0 Å². The minimum atomic E-state index is 0.360. The Hall–Kier alpha value is -2.12. The Kier molecular flexibility index (Phi) is 1.70. The summed E-state index contributed by atoms with van der Waals surface area (Å²) in [5, 5.41) is 8.33. The van der Waals surface area contributed by atoms with Gasteiger partial charge in [-0.15, -0.1) is 0 Å². The van der Waals surface area contributed by atoms with E-state index in [1.165, 1.54) is 49.9 Å². The average Bonchev–Trinajstić information content (AvgIpc) is 3.31. The van der Waals surface area contributed by atoms with E-state index in [0.29, 0.717) is 12.2 Å². The lowest BCUT2D eigenvalue weighted by Crippen LogP contribution is -2.05. The van der Waals surface area contributed by atoms with Gasteiger partial charge in [0.25, 0.3) is 0 Å². The second-order valence-corrected chi connectivity index (χ2v) is 6.44. The molecule has 4 aromatic carbocycles. The van der Waals surface area contributed by atoms with Gasteiger partial charge in [0.05, 0.1) is 6.10 Å². The fraction of sp³-hybridized carbons (Fsp3) is 0.200. The summed E-state index contributed by atoms with van der Waals surface area (Å²) in [6.07, 6.45) is 3.19. The molecule has 0 spiro atoms. The number of benzene rings is 4. The second kappa shape index (κ2) is 3.37. The number of fused-ring (bicyclic) bond motifs is 4.